The van der Waals surface area contributed by atoms with E-state index in [2.05, 4.69) is 10.3 Å². The molecule has 0 unspecified atom stereocenters. The van der Waals surface area contributed by atoms with Gasteiger partial charge in [0.2, 0.25) is 4.87 Å². The molecule has 6 heterocycles. The normalized spacial score (nSPS) is 36.6. The van der Waals surface area contributed by atoms with Crippen molar-refractivity contribution in [3.05, 3.63) is 65.9 Å². The molecule has 7 nitrogen and oxygen atoms in total. The number of hydrogen-bond acceptors (Lipinski definition) is 7. The van der Waals surface area contributed by atoms with Crippen molar-refractivity contribution < 1.29 is 14.7 Å². The number of aliphatic hydroxyl groups is 1. The number of para-hydroxylation sites is 2. The van der Waals surface area contributed by atoms with Crippen LogP contribution < -0.4 is 5.32 Å². The molecule has 1 aromatic heterocycles. The van der Waals surface area contributed by atoms with Crippen molar-refractivity contribution in [1.82, 2.24) is 14.8 Å². The van der Waals surface area contributed by atoms with E-state index in [9.17, 15) is 14.7 Å². The first-order valence-electron chi connectivity index (χ1n) is 10.6. The number of aliphatic hydroxyl groups excluding tert-OH is 1. The van der Waals surface area contributed by atoms with Gasteiger partial charge in [-0.05, 0) is 61.6 Å². The number of likely N-dealkylation sites (N-methyl/N-ethyl adjacent to an activating group) is 1. The van der Waals surface area contributed by atoms with Gasteiger partial charge < -0.3 is 20.3 Å². The molecule has 2 amide bonds. The number of aromatic nitrogens is 1. The molecule has 0 saturated carbocycles. The fourth-order valence-corrected chi connectivity index (χ4v) is 12.0. The molecule has 10 heteroatoms. The Morgan fingerprint density at radius 2 is 1.76 bits per heavy atom. The minimum Gasteiger partial charge on any atom is -0.388 e. The van der Waals surface area contributed by atoms with E-state index in [0.29, 0.717) is 0 Å². The fraction of sp³-hybridized carbons (Fsp3) is 0.304. The molecule has 5 atom stereocenters. The monoisotopic (exact) mass is 496 g/mol. The Hall–Kier alpha value is -2.27. The number of hydrogen-bond donors (Lipinski definition) is 3. The first kappa shape index (κ1) is 20.1. The largest absolute Gasteiger partial charge is 0.388 e. The highest BCUT2D eigenvalue weighted by atomic mass is 33.5. The Labute approximate surface area is 201 Å². The van der Waals surface area contributed by atoms with Gasteiger partial charge in [0, 0.05) is 29.8 Å². The van der Waals surface area contributed by atoms with Crippen LogP contribution in [0, 0.1) is 0 Å². The Bertz CT molecular complexity index is 1380. The minimum atomic E-state index is -1.44. The predicted octanol–water partition coefficient (Wildman–Crippen LogP) is 3.34. The van der Waals surface area contributed by atoms with Crippen LogP contribution in [-0.4, -0.2) is 60.8 Å². The molecule has 1 spiro atoms. The van der Waals surface area contributed by atoms with Crippen LogP contribution in [0.5, 0.6) is 0 Å². The van der Waals surface area contributed by atoms with E-state index >= 15 is 0 Å². The van der Waals surface area contributed by atoms with E-state index in [0.717, 1.165) is 27.7 Å². The van der Waals surface area contributed by atoms with Crippen LogP contribution in [0.25, 0.3) is 10.9 Å². The van der Waals surface area contributed by atoms with E-state index in [1.165, 1.54) is 36.3 Å². The number of carbonyl (C=O) groups is 2. The quantitative estimate of drug-likeness (QED) is 0.446. The number of fused-ring (bicyclic) bond motifs is 7. The molecular formula is C23H20N4O3S3. The molecule has 5 aliphatic rings. The summed E-state index contributed by atoms with van der Waals surface area (Å²) in [6.45, 7) is 1.79. The van der Waals surface area contributed by atoms with Crippen molar-refractivity contribution in [3.63, 3.8) is 0 Å². The SMILES string of the molecule is CN1C(=O)[C@]23SSS[C@]1(C)C(=O)N2[C@H]1Nc2ccccc2[C@@]1(c1c[nH]c2ccccc12)[C@@H]3O. The van der Waals surface area contributed by atoms with E-state index in [-0.39, 0.29) is 11.8 Å². The zero-order chi connectivity index (χ0) is 22.8. The molecule has 33 heavy (non-hydrogen) atoms. The van der Waals surface area contributed by atoms with Gasteiger partial charge in [0.1, 0.15) is 12.3 Å². The lowest BCUT2D eigenvalue weighted by Gasteiger charge is -2.49. The second-order valence-electron chi connectivity index (χ2n) is 9.07. The molecule has 0 radical (unpaired) electrons. The average Bonchev–Trinajstić information content (AvgIpc) is 3.41. The van der Waals surface area contributed by atoms with Crippen molar-refractivity contribution in [3.8, 4) is 0 Å². The average molecular weight is 497 g/mol. The van der Waals surface area contributed by atoms with E-state index < -0.39 is 27.4 Å². The van der Waals surface area contributed by atoms with Gasteiger partial charge in [-0.1, -0.05) is 36.4 Å². The lowest BCUT2D eigenvalue weighted by molar-refractivity contribution is -0.165. The third-order valence-corrected chi connectivity index (χ3v) is 12.9. The molecule has 3 aromatic rings. The third-order valence-electron chi connectivity index (χ3n) is 7.77. The van der Waals surface area contributed by atoms with Crippen LogP contribution in [-0.2, 0) is 15.0 Å². The molecule has 2 bridgehead atoms. The maximum absolute atomic E-state index is 14.1. The van der Waals surface area contributed by atoms with Gasteiger partial charge in [0.25, 0.3) is 11.8 Å². The standard InChI is InChI=1S/C23H20N4O3S3/c1-21-19(29)27-18-22(13-8-4-6-10-16(13)25-18,14-11-24-15-9-5-3-7-12(14)15)17(28)23(27,32-33-31-21)20(30)26(21)2/h3-11,17-18,24-25,28H,1-2H3/t17-,18+,21+,22+,23-/m0/s1. The summed E-state index contributed by atoms with van der Waals surface area (Å²) < 4.78 is 0. The number of benzene rings is 2. The highest BCUT2D eigenvalue weighted by Gasteiger charge is 2.80. The summed E-state index contributed by atoms with van der Waals surface area (Å²) in [5.41, 5.74) is 2.56. The second kappa shape index (κ2) is 6.24. The van der Waals surface area contributed by atoms with E-state index in [4.69, 9.17) is 0 Å². The Balaban J connectivity index is 1.59. The van der Waals surface area contributed by atoms with Crippen LogP contribution in [0.1, 0.15) is 18.1 Å². The summed E-state index contributed by atoms with van der Waals surface area (Å²) >= 11 is 0. The fourth-order valence-electron chi connectivity index (χ4n) is 6.07. The number of aromatic amines is 1. The Morgan fingerprint density at radius 3 is 2.61 bits per heavy atom. The maximum atomic E-state index is 14.1. The van der Waals surface area contributed by atoms with Crippen molar-refractivity contribution >= 4 is 59.8 Å². The van der Waals surface area contributed by atoms with Crippen molar-refractivity contribution in [1.29, 1.82) is 0 Å². The number of piperazine rings is 1. The first-order valence-corrected chi connectivity index (χ1v) is 14.1. The molecule has 4 fully saturated rings. The molecule has 5 aliphatic heterocycles. The number of nitrogens with one attached hydrogen (secondary N) is 2. The summed E-state index contributed by atoms with van der Waals surface area (Å²) in [6, 6.07) is 15.8. The predicted molar refractivity (Wildman–Crippen MR) is 132 cm³/mol. The lowest BCUT2D eigenvalue weighted by atomic mass is 9.70. The number of rotatable bonds is 1. The van der Waals surface area contributed by atoms with E-state index in [1.54, 1.807) is 18.9 Å². The van der Waals surface area contributed by atoms with Gasteiger partial charge >= 0.3 is 0 Å². The molecule has 8 rings (SSSR count). The van der Waals surface area contributed by atoms with Crippen LogP contribution in [0.15, 0.2) is 54.7 Å². The topological polar surface area (TPSA) is 88.7 Å². The summed E-state index contributed by atoms with van der Waals surface area (Å²) in [4.78, 5) is 32.1. The zero-order valence-electron chi connectivity index (χ0n) is 17.7. The molecule has 4 saturated heterocycles. The molecular weight excluding hydrogens is 476 g/mol. The summed E-state index contributed by atoms with van der Waals surface area (Å²) in [7, 11) is 5.73. The zero-order valence-corrected chi connectivity index (χ0v) is 20.2. The van der Waals surface area contributed by atoms with Crippen LogP contribution in [0.3, 0.4) is 0 Å². The van der Waals surface area contributed by atoms with Gasteiger partial charge in [-0.15, -0.1) is 0 Å². The first-order chi connectivity index (χ1) is 15.9. The molecule has 3 N–H and O–H groups in total. The van der Waals surface area contributed by atoms with Gasteiger partial charge in [-0.3, -0.25) is 14.5 Å². The maximum Gasteiger partial charge on any atom is 0.264 e. The summed E-state index contributed by atoms with van der Waals surface area (Å²) in [5.74, 6) is -0.411. The highest BCUT2D eigenvalue weighted by Crippen LogP contribution is 2.69. The number of H-pyrrole nitrogens is 1. The Morgan fingerprint density at radius 1 is 1.00 bits per heavy atom. The van der Waals surface area contributed by atoms with Gasteiger partial charge in [0.15, 0.2) is 4.87 Å². The molecule has 2 aromatic carbocycles. The number of carbonyl (C=O) groups excluding carboxylic acids is 2. The number of amides is 2. The van der Waals surface area contributed by atoms with Crippen LogP contribution in [0.2, 0.25) is 0 Å². The van der Waals surface area contributed by atoms with Crippen molar-refractivity contribution in [2.75, 3.05) is 12.4 Å². The summed E-state index contributed by atoms with van der Waals surface area (Å²) in [5, 5.41) is 16.9. The molecule has 168 valence electrons. The lowest BCUT2D eigenvalue weighted by Crippen LogP contribution is -2.73. The minimum absolute atomic E-state index is 0.168. The van der Waals surface area contributed by atoms with E-state index in [1.807, 2.05) is 54.7 Å². The van der Waals surface area contributed by atoms with Gasteiger partial charge in [-0.25, -0.2) is 0 Å². The third kappa shape index (κ3) is 2.01. The van der Waals surface area contributed by atoms with Crippen molar-refractivity contribution in [2.24, 2.45) is 0 Å². The smallest absolute Gasteiger partial charge is 0.264 e. The van der Waals surface area contributed by atoms with Crippen LogP contribution in [0.4, 0.5) is 5.69 Å². The summed E-state index contributed by atoms with van der Waals surface area (Å²) in [6.07, 6.45) is 0.137. The van der Waals surface area contributed by atoms with Crippen molar-refractivity contribution in [2.45, 2.75) is 34.4 Å². The number of nitrogens with zero attached hydrogens (tertiary/aromatic N) is 2. The Kier molecular flexibility index (Phi) is 3.80. The van der Waals surface area contributed by atoms with Gasteiger partial charge in [-0.2, -0.15) is 0 Å². The van der Waals surface area contributed by atoms with Gasteiger partial charge in [0.05, 0.1) is 5.41 Å². The highest BCUT2D eigenvalue weighted by molar-refractivity contribution is 9.10. The van der Waals surface area contributed by atoms with Crippen LogP contribution >= 0.6 is 31.4 Å². The molecule has 0 aliphatic carbocycles. The number of anilines is 1. The second-order valence-corrected chi connectivity index (χ2v) is 13.6.